The lowest BCUT2D eigenvalue weighted by atomic mass is 9.32. The molecule has 6 aromatic rings. The fraction of sp³-hybridized carbons (Fsp3) is 0.304. The van der Waals surface area contributed by atoms with Crippen molar-refractivity contribution < 1.29 is 4.74 Å². The number of hydrogen-bond acceptors (Lipinski definition) is 3. The fourth-order valence-electron chi connectivity index (χ4n) is 9.00. The minimum absolute atomic E-state index is 0.0836. The second kappa shape index (κ2) is 12.8. The van der Waals surface area contributed by atoms with E-state index in [-0.39, 0.29) is 6.71 Å². The SMILES string of the molecule is COc1ccc2c(c1)c1cc(-c3c(C)c(C)c(B(c4c(C)c(C)c(C#N)c(C)c4C)c4c(C)c(C)c(C#N)c(C)c4C)c(C)c3C)ccc1n2C. The van der Waals surface area contributed by atoms with Gasteiger partial charge in [0.05, 0.1) is 30.4 Å². The van der Waals surface area contributed by atoms with Gasteiger partial charge in [-0.15, -0.1) is 0 Å². The van der Waals surface area contributed by atoms with E-state index in [4.69, 9.17) is 4.74 Å². The Bertz CT molecular complexity index is 2400. The molecule has 5 aromatic carbocycles. The van der Waals surface area contributed by atoms with Crippen LogP contribution >= 0.6 is 0 Å². The lowest BCUT2D eigenvalue weighted by molar-refractivity contribution is 0.415. The number of nitriles is 2. The minimum atomic E-state index is -0.0836. The molecule has 0 N–H and O–H groups in total. The van der Waals surface area contributed by atoms with Crippen molar-refractivity contribution in [3.63, 3.8) is 0 Å². The summed E-state index contributed by atoms with van der Waals surface area (Å²) in [7, 11) is 3.85. The van der Waals surface area contributed by atoms with E-state index in [1.54, 1.807) is 7.11 Å². The van der Waals surface area contributed by atoms with Crippen LogP contribution in [0.3, 0.4) is 0 Å². The van der Waals surface area contributed by atoms with Crippen LogP contribution in [0, 0.1) is 106 Å². The molecule has 0 atom stereocenters. The molecule has 0 saturated carbocycles. The highest BCUT2D eigenvalue weighted by Gasteiger charge is 2.35. The fourth-order valence-corrected chi connectivity index (χ4v) is 9.00. The molecule has 6 rings (SSSR count). The van der Waals surface area contributed by atoms with Crippen molar-refractivity contribution in [2.24, 2.45) is 7.05 Å². The first-order valence-electron chi connectivity index (χ1n) is 17.8. The first kappa shape index (κ1) is 35.6. The number of fused-ring (bicyclic) bond motifs is 3. The van der Waals surface area contributed by atoms with E-state index in [1.165, 1.54) is 71.6 Å². The van der Waals surface area contributed by atoms with Crippen molar-refractivity contribution >= 4 is 44.9 Å². The molecule has 1 aromatic heterocycles. The first-order valence-corrected chi connectivity index (χ1v) is 17.8. The second-order valence-corrected chi connectivity index (χ2v) is 14.7. The lowest BCUT2D eigenvalue weighted by Gasteiger charge is -2.32. The molecule has 0 aliphatic carbocycles. The van der Waals surface area contributed by atoms with E-state index in [1.807, 2.05) is 6.07 Å². The van der Waals surface area contributed by atoms with Gasteiger partial charge in [0.2, 0.25) is 6.71 Å². The predicted octanol–water partition coefficient (Wildman–Crippen LogP) is 8.97. The third kappa shape index (κ3) is 5.09. The van der Waals surface area contributed by atoms with Gasteiger partial charge >= 0.3 is 0 Å². The number of ether oxygens (including phenoxy) is 1. The van der Waals surface area contributed by atoms with Gasteiger partial charge < -0.3 is 9.30 Å². The largest absolute Gasteiger partial charge is 0.497 e. The molecule has 0 amide bonds. The topological polar surface area (TPSA) is 61.7 Å². The van der Waals surface area contributed by atoms with E-state index in [0.29, 0.717) is 0 Å². The van der Waals surface area contributed by atoms with Crippen molar-refractivity contribution in [1.82, 2.24) is 4.57 Å². The molecule has 0 saturated heterocycles. The van der Waals surface area contributed by atoms with Gasteiger partial charge in [-0.1, -0.05) is 55.8 Å². The molecule has 0 fully saturated rings. The van der Waals surface area contributed by atoms with Crippen molar-refractivity contribution in [3.05, 3.63) is 114 Å². The predicted molar refractivity (Wildman–Crippen MR) is 216 cm³/mol. The van der Waals surface area contributed by atoms with E-state index >= 15 is 0 Å². The Morgan fingerprint density at radius 3 is 1.27 bits per heavy atom. The molecule has 0 bridgehead atoms. The van der Waals surface area contributed by atoms with Crippen molar-refractivity contribution in [2.75, 3.05) is 7.11 Å². The average molecular weight is 670 g/mol. The van der Waals surface area contributed by atoms with Crippen LogP contribution in [0.4, 0.5) is 0 Å². The summed E-state index contributed by atoms with van der Waals surface area (Å²) < 4.78 is 7.88. The normalized spacial score (nSPS) is 11.3. The summed E-state index contributed by atoms with van der Waals surface area (Å²) in [5.74, 6) is 0.854. The smallest absolute Gasteiger partial charge is 0.243 e. The Kier molecular flexibility index (Phi) is 8.94. The first-order chi connectivity index (χ1) is 24.1. The van der Waals surface area contributed by atoms with E-state index < -0.39 is 0 Å². The molecular weight excluding hydrogens is 621 g/mol. The zero-order valence-electron chi connectivity index (χ0n) is 32.8. The zero-order chi connectivity index (χ0) is 37.4. The summed E-state index contributed by atoms with van der Waals surface area (Å²) in [6, 6.07) is 18.2. The van der Waals surface area contributed by atoms with Gasteiger partial charge in [-0.2, -0.15) is 10.5 Å². The average Bonchev–Trinajstić information content (AvgIpc) is 3.39. The monoisotopic (exact) mass is 669 g/mol. The number of aryl methyl sites for hydroxylation is 1. The third-order valence-corrected chi connectivity index (χ3v) is 12.6. The number of aromatic nitrogens is 1. The van der Waals surface area contributed by atoms with Gasteiger partial charge in [-0.05, 0) is 158 Å². The molecule has 5 heteroatoms. The molecule has 256 valence electrons. The maximum atomic E-state index is 10.2. The Labute approximate surface area is 304 Å². The number of rotatable bonds is 5. The second-order valence-electron chi connectivity index (χ2n) is 14.7. The Balaban J connectivity index is 1.72. The van der Waals surface area contributed by atoms with Crippen molar-refractivity contribution in [2.45, 2.75) is 83.1 Å². The molecular formula is C46H48BN3O. The van der Waals surface area contributed by atoms with Gasteiger partial charge in [-0.25, -0.2) is 0 Å². The highest BCUT2D eigenvalue weighted by atomic mass is 16.5. The van der Waals surface area contributed by atoms with E-state index in [2.05, 4.69) is 137 Å². The lowest BCUT2D eigenvalue weighted by Crippen LogP contribution is -2.58. The quantitative estimate of drug-likeness (QED) is 0.172. The van der Waals surface area contributed by atoms with Crippen LogP contribution in [0.5, 0.6) is 5.75 Å². The summed E-state index contributed by atoms with van der Waals surface area (Å²) in [4.78, 5) is 0. The Hall–Kier alpha value is -5.26. The van der Waals surface area contributed by atoms with Gasteiger partial charge in [0.25, 0.3) is 0 Å². The van der Waals surface area contributed by atoms with Crippen LogP contribution in [0.2, 0.25) is 0 Å². The standard InChI is InChI=1S/C46H48BN3O/c1-23-29(7)44(30(8)24(2)39(23)21-48)47(45-31(9)25(3)40(22-49)26(4)32(45)10)46-33(11)27(5)43(28(6)34(46)12)35-15-17-41-37(19-35)38-20-36(51-14)16-18-42(38)50(41)13/h15-20H,1-14H3. The van der Waals surface area contributed by atoms with Crippen molar-refractivity contribution in [3.8, 4) is 29.0 Å². The molecule has 0 unspecified atom stereocenters. The highest BCUT2D eigenvalue weighted by Crippen LogP contribution is 2.37. The van der Waals surface area contributed by atoms with E-state index in [9.17, 15) is 10.5 Å². The van der Waals surface area contributed by atoms with Gasteiger partial charge in [0.1, 0.15) is 5.75 Å². The van der Waals surface area contributed by atoms with Gasteiger partial charge in [0.15, 0.2) is 0 Å². The van der Waals surface area contributed by atoms with Crippen LogP contribution in [-0.2, 0) is 7.05 Å². The highest BCUT2D eigenvalue weighted by molar-refractivity contribution is 6.97. The molecule has 4 nitrogen and oxygen atoms in total. The summed E-state index contributed by atoms with van der Waals surface area (Å²) in [5.41, 5.74) is 24.1. The van der Waals surface area contributed by atoms with Crippen LogP contribution in [-0.4, -0.2) is 18.4 Å². The zero-order valence-corrected chi connectivity index (χ0v) is 32.8. The third-order valence-electron chi connectivity index (χ3n) is 12.6. The summed E-state index contributed by atoms with van der Waals surface area (Å²) in [6.07, 6.45) is 0. The van der Waals surface area contributed by atoms with Gasteiger partial charge in [0, 0.05) is 28.9 Å². The van der Waals surface area contributed by atoms with Gasteiger partial charge in [-0.3, -0.25) is 0 Å². The molecule has 0 aliphatic rings. The Morgan fingerprint density at radius 1 is 0.510 bits per heavy atom. The Morgan fingerprint density at radius 2 is 0.882 bits per heavy atom. The van der Waals surface area contributed by atoms with Crippen LogP contribution in [0.1, 0.15) is 77.9 Å². The van der Waals surface area contributed by atoms with E-state index in [0.717, 1.165) is 61.4 Å². The summed E-state index contributed by atoms with van der Waals surface area (Å²) in [5, 5.41) is 22.8. The molecule has 0 spiro atoms. The molecule has 0 aliphatic heterocycles. The summed E-state index contributed by atoms with van der Waals surface area (Å²) in [6.45, 7) is 26.2. The number of nitrogens with zero attached hydrogens (tertiary/aromatic N) is 3. The number of benzene rings is 5. The van der Waals surface area contributed by atoms with Crippen LogP contribution in [0.15, 0.2) is 36.4 Å². The summed E-state index contributed by atoms with van der Waals surface area (Å²) >= 11 is 0. The van der Waals surface area contributed by atoms with Crippen molar-refractivity contribution in [1.29, 1.82) is 10.5 Å². The molecule has 1 heterocycles. The maximum Gasteiger partial charge on any atom is 0.243 e. The van der Waals surface area contributed by atoms with Crippen LogP contribution < -0.4 is 21.1 Å². The molecule has 0 radical (unpaired) electrons. The number of hydrogen-bond donors (Lipinski definition) is 0. The van der Waals surface area contributed by atoms with Crippen LogP contribution in [0.25, 0.3) is 32.9 Å². The minimum Gasteiger partial charge on any atom is -0.497 e. The number of methoxy groups -OCH3 is 1. The molecule has 51 heavy (non-hydrogen) atoms. The maximum absolute atomic E-state index is 10.2.